The lowest BCUT2D eigenvalue weighted by Gasteiger charge is -2.21. The summed E-state index contributed by atoms with van der Waals surface area (Å²) in [5.41, 5.74) is -0.388. The van der Waals surface area contributed by atoms with Gasteiger partial charge in [-0.15, -0.1) is 0 Å². The molecule has 1 aromatic rings. The molecule has 3 N–H and O–H groups in total. The van der Waals surface area contributed by atoms with Crippen LogP contribution in [0.5, 0.6) is 0 Å². The number of aliphatic hydroxyl groups is 1. The molecule has 1 heterocycles. The van der Waals surface area contributed by atoms with Crippen LogP contribution in [0.25, 0.3) is 0 Å². The number of carboxylic acid groups (broad SMARTS) is 1. The highest BCUT2D eigenvalue weighted by atomic mass is 19.1. The molecule has 1 fully saturated rings. The van der Waals surface area contributed by atoms with Gasteiger partial charge in [0.1, 0.15) is 17.7 Å². The molecule has 8 heteroatoms. The fourth-order valence-corrected chi connectivity index (χ4v) is 2.05. The van der Waals surface area contributed by atoms with E-state index in [1.54, 1.807) is 0 Å². The maximum Gasteiger partial charge on any atom is 0.326 e. The first-order valence-electron chi connectivity index (χ1n) is 5.82. The fourth-order valence-electron chi connectivity index (χ4n) is 2.05. The van der Waals surface area contributed by atoms with Crippen LogP contribution in [0.15, 0.2) is 18.2 Å². The fraction of sp³-hybridized carbons (Fsp3) is 0.333. The topological polar surface area (TPSA) is 89.9 Å². The Hall–Kier alpha value is -2.22. The Balaban J connectivity index is 2.15. The van der Waals surface area contributed by atoms with Crippen molar-refractivity contribution in [3.05, 3.63) is 29.8 Å². The number of nitrogens with one attached hydrogen (secondary N) is 1. The zero-order valence-corrected chi connectivity index (χ0v) is 10.2. The minimum absolute atomic E-state index is 0.103. The molecule has 20 heavy (non-hydrogen) atoms. The number of halogens is 2. The third-order valence-electron chi connectivity index (χ3n) is 2.99. The van der Waals surface area contributed by atoms with E-state index in [0.29, 0.717) is 0 Å². The lowest BCUT2D eigenvalue weighted by Crippen LogP contribution is -2.43. The maximum absolute atomic E-state index is 13.4. The van der Waals surface area contributed by atoms with Gasteiger partial charge in [-0.3, -0.25) is 0 Å². The Morgan fingerprint density at radius 1 is 1.35 bits per heavy atom. The Morgan fingerprint density at radius 2 is 2.05 bits per heavy atom. The molecule has 0 spiro atoms. The van der Waals surface area contributed by atoms with E-state index < -0.39 is 35.8 Å². The molecular weight excluding hydrogens is 274 g/mol. The van der Waals surface area contributed by atoms with Crippen LogP contribution in [0, 0.1) is 11.6 Å². The Morgan fingerprint density at radius 3 is 2.70 bits per heavy atom. The summed E-state index contributed by atoms with van der Waals surface area (Å²) in [7, 11) is 0. The third-order valence-corrected chi connectivity index (χ3v) is 2.99. The van der Waals surface area contributed by atoms with Crippen molar-refractivity contribution >= 4 is 17.7 Å². The monoisotopic (exact) mass is 286 g/mol. The number of carbonyl (C=O) groups excluding carboxylic acids is 1. The predicted molar refractivity (Wildman–Crippen MR) is 64.1 cm³/mol. The van der Waals surface area contributed by atoms with Gasteiger partial charge in [0.05, 0.1) is 11.8 Å². The molecule has 2 atom stereocenters. The molecule has 1 aromatic carbocycles. The SMILES string of the molecule is O=C(O)C1CC(O)CN1C(=O)Nc1cc(F)ccc1F. The molecule has 0 aliphatic carbocycles. The summed E-state index contributed by atoms with van der Waals surface area (Å²) in [5.74, 6) is -2.85. The first kappa shape index (κ1) is 14.2. The molecule has 0 aromatic heterocycles. The number of β-amino-alcohol motifs (C(OH)–C–C–N with tert-alkyl or cyclic N) is 1. The van der Waals surface area contributed by atoms with Crippen LogP contribution < -0.4 is 5.32 Å². The molecule has 1 aliphatic heterocycles. The first-order chi connectivity index (χ1) is 9.38. The van der Waals surface area contributed by atoms with Gasteiger partial charge in [-0.1, -0.05) is 0 Å². The number of aliphatic hydroxyl groups excluding tert-OH is 1. The second-order valence-corrected chi connectivity index (χ2v) is 4.45. The van der Waals surface area contributed by atoms with Gasteiger partial charge in [0, 0.05) is 19.0 Å². The number of likely N-dealkylation sites (tertiary alicyclic amines) is 1. The van der Waals surface area contributed by atoms with E-state index in [4.69, 9.17) is 5.11 Å². The molecule has 0 radical (unpaired) electrons. The summed E-state index contributed by atoms with van der Waals surface area (Å²) in [4.78, 5) is 23.7. The number of nitrogens with zero attached hydrogens (tertiary/aromatic N) is 1. The van der Waals surface area contributed by atoms with Gasteiger partial charge >= 0.3 is 12.0 Å². The summed E-state index contributed by atoms with van der Waals surface area (Å²) >= 11 is 0. The second-order valence-electron chi connectivity index (χ2n) is 4.45. The summed E-state index contributed by atoms with van der Waals surface area (Å²) in [6.45, 7) is -0.181. The van der Waals surface area contributed by atoms with Crippen molar-refractivity contribution < 1.29 is 28.6 Å². The van der Waals surface area contributed by atoms with Crippen LogP contribution in [0.2, 0.25) is 0 Å². The van der Waals surface area contributed by atoms with E-state index in [1.807, 2.05) is 0 Å². The van der Waals surface area contributed by atoms with Crippen LogP contribution in [-0.4, -0.2) is 45.8 Å². The molecular formula is C12H12F2N2O4. The zero-order valence-electron chi connectivity index (χ0n) is 10.2. The molecule has 2 amide bonds. The lowest BCUT2D eigenvalue weighted by atomic mass is 10.2. The van der Waals surface area contributed by atoms with E-state index in [-0.39, 0.29) is 18.7 Å². The smallest absolute Gasteiger partial charge is 0.326 e. The predicted octanol–water partition coefficient (Wildman–Crippen LogP) is 1.02. The number of aliphatic carboxylic acids is 1. The van der Waals surface area contributed by atoms with Gasteiger partial charge in [-0.25, -0.2) is 18.4 Å². The van der Waals surface area contributed by atoms with Crippen LogP contribution in [0.1, 0.15) is 6.42 Å². The number of amides is 2. The number of rotatable bonds is 2. The van der Waals surface area contributed by atoms with Gasteiger partial charge in [0.25, 0.3) is 0 Å². The van der Waals surface area contributed by atoms with Crippen LogP contribution in [-0.2, 0) is 4.79 Å². The van der Waals surface area contributed by atoms with Gasteiger partial charge in [0.2, 0.25) is 0 Å². The van der Waals surface area contributed by atoms with E-state index in [9.17, 15) is 23.5 Å². The van der Waals surface area contributed by atoms with Crippen molar-refractivity contribution in [2.24, 2.45) is 0 Å². The van der Waals surface area contributed by atoms with E-state index >= 15 is 0 Å². The van der Waals surface area contributed by atoms with E-state index in [0.717, 1.165) is 23.1 Å². The third kappa shape index (κ3) is 2.85. The number of urea groups is 1. The standard InChI is InChI=1S/C12H12F2N2O4/c13-6-1-2-8(14)9(3-6)15-12(20)16-5-7(17)4-10(16)11(18)19/h1-3,7,10,17H,4-5H2,(H,15,20)(H,18,19). The van der Waals surface area contributed by atoms with Crippen molar-refractivity contribution in [2.45, 2.75) is 18.6 Å². The first-order valence-corrected chi connectivity index (χ1v) is 5.82. The quantitative estimate of drug-likeness (QED) is 0.757. The van der Waals surface area contributed by atoms with Gasteiger partial charge in [0.15, 0.2) is 0 Å². The minimum Gasteiger partial charge on any atom is -0.480 e. The molecule has 2 rings (SSSR count). The van der Waals surface area contributed by atoms with Crippen LogP contribution in [0.3, 0.4) is 0 Å². The second kappa shape index (κ2) is 5.41. The van der Waals surface area contributed by atoms with E-state index in [2.05, 4.69) is 5.32 Å². The summed E-state index contributed by atoms with van der Waals surface area (Å²) in [5, 5.41) is 20.5. The van der Waals surface area contributed by atoms with Crippen molar-refractivity contribution in [3.63, 3.8) is 0 Å². The number of carbonyl (C=O) groups is 2. The molecule has 6 nitrogen and oxygen atoms in total. The number of benzene rings is 1. The number of hydrogen-bond acceptors (Lipinski definition) is 3. The van der Waals surface area contributed by atoms with Crippen molar-refractivity contribution in [1.29, 1.82) is 0 Å². The highest BCUT2D eigenvalue weighted by molar-refractivity contribution is 5.92. The van der Waals surface area contributed by atoms with Crippen molar-refractivity contribution in [1.82, 2.24) is 4.90 Å². The summed E-state index contributed by atoms with van der Waals surface area (Å²) in [6, 6.07) is 0.429. The highest BCUT2D eigenvalue weighted by Crippen LogP contribution is 2.21. The molecule has 1 aliphatic rings. The van der Waals surface area contributed by atoms with Crippen molar-refractivity contribution in [3.8, 4) is 0 Å². The zero-order chi connectivity index (χ0) is 14.9. The molecule has 1 saturated heterocycles. The largest absolute Gasteiger partial charge is 0.480 e. The minimum atomic E-state index is -1.27. The lowest BCUT2D eigenvalue weighted by molar-refractivity contribution is -0.141. The molecule has 2 unspecified atom stereocenters. The normalized spacial score (nSPS) is 21.9. The Bertz CT molecular complexity index is 552. The molecule has 0 saturated carbocycles. The summed E-state index contributed by atoms with van der Waals surface area (Å²) in [6.07, 6.45) is -1.06. The van der Waals surface area contributed by atoms with Crippen molar-refractivity contribution in [2.75, 3.05) is 11.9 Å². The molecule has 108 valence electrons. The van der Waals surface area contributed by atoms with E-state index in [1.165, 1.54) is 0 Å². The molecule has 0 bridgehead atoms. The van der Waals surface area contributed by atoms with Gasteiger partial charge < -0.3 is 20.4 Å². The number of anilines is 1. The van der Waals surface area contributed by atoms with Crippen LogP contribution in [0.4, 0.5) is 19.3 Å². The number of hydrogen-bond donors (Lipinski definition) is 3. The Labute approximate surface area is 112 Å². The van der Waals surface area contributed by atoms with Gasteiger partial charge in [-0.2, -0.15) is 0 Å². The average molecular weight is 286 g/mol. The van der Waals surface area contributed by atoms with Crippen LogP contribution >= 0.6 is 0 Å². The highest BCUT2D eigenvalue weighted by Gasteiger charge is 2.39. The number of carboxylic acids is 1. The van der Waals surface area contributed by atoms with Gasteiger partial charge in [-0.05, 0) is 12.1 Å². The maximum atomic E-state index is 13.4. The Kier molecular flexibility index (Phi) is 3.84. The summed E-state index contributed by atoms with van der Waals surface area (Å²) < 4.78 is 26.4. The average Bonchev–Trinajstić information content (AvgIpc) is 2.76.